The predicted octanol–water partition coefficient (Wildman–Crippen LogP) is 4.40. The Morgan fingerprint density at radius 3 is 2.33 bits per heavy atom. The van der Waals surface area contributed by atoms with Gasteiger partial charge in [-0.1, -0.05) is 0 Å². The van der Waals surface area contributed by atoms with Crippen molar-refractivity contribution in [3.63, 3.8) is 0 Å². The molecule has 21 heavy (non-hydrogen) atoms. The molecular weight excluding hydrogens is 285 g/mol. The summed E-state index contributed by atoms with van der Waals surface area (Å²) >= 11 is 0. The fourth-order valence-electron chi connectivity index (χ4n) is 1.78. The van der Waals surface area contributed by atoms with Gasteiger partial charge in [0.05, 0.1) is 7.11 Å². The highest BCUT2D eigenvalue weighted by Crippen LogP contribution is 2.23. The molecule has 1 atom stereocenters. The molecule has 0 fully saturated rings. The standard InChI is InChI=1S/C14H19F3N2O2/c1-10(4-3-9-14(15,16)17)18-11-5-7-12(8-6-11)19-13(20)21-2/h5-8,10,18H,3-4,9H2,1-2H3,(H,19,20). The first-order chi connectivity index (χ1) is 9.80. The second-order valence-corrected chi connectivity index (χ2v) is 4.75. The van der Waals surface area contributed by atoms with Crippen molar-refractivity contribution in [2.75, 3.05) is 17.7 Å². The topological polar surface area (TPSA) is 50.4 Å². The van der Waals surface area contributed by atoms with Gasteiger partial charge in [0.15, 0.2) is 0 Å². The average molecular weight is 304 g/mol. The summed E-state index contributed by atoms with van der Waals surface area (Å²) in [6, 6.07) is 6.78. The number of carbonyl (C=O) groups excluding carboxylic acids is 1. The van der Waals surface area contributed by atoms with Crippen LogP contribution in [0.4, 0.5) is 29.3 Å². The predicted molar refractivity (Wildman–Crippen MR) is 75.5 cm³/mol. The zero-order chi connectivity index (χ0) is 15.9. The largest absolute Gasteiger partial charge is 0.453 e. The third kappa shape index (κ3) is 7.43. The van der Waals surface area contributed by atoms with E-state index >= 15 is 0 Å². The summed E-state index contributed by atoms with van der Waals surface area (Å²) in [5.41, 5.74) is 1.36. The van der Waals surface area contributed by atoms with Crippen LogP contribution in [0.15, 0.2) is 24.3 Å². The molecule has 1 aromatic carbocycles. The summed E-state index contributed by atoms with van der Waals surface area (Å²) in [5.74, 6) is 0. The van der Waals surface area contributed by atoms with Gasteiger partial charge in [0.1, 0.15) is 0 Å². The van der Waals surface area contributed by atoms with Crippen molar-refractivity contribution in [2.24, 2.45) is 0 Å². The van der Waals surface area contributed by atoms with E-state index in [1.165, 1.54) is 7.11 Å². The Hall–Kier alpha value is -1.92. The molecule has 0 aliphatic carbocycles. The van der Waals surface area contributed by atoms with Crippen molar-refractivity contribution in [3.05, 3.63) is 24.3 Å². The van der Waals surface area contributed by atoms with Crippen molar-refractivity contribution < 1.29 is 22.7 Å². The van der Waals surface area contributed by atoms with E-state index in [1.54, 1.807) is 24.3 Å². The Labute approximate surface area is 121 Å². The maximum atomic E-state index is 12.0. The van der Waals surface area contributed by atoms with Crippen LogP contribution in [-0.4, -0.2) is 25.4 Å². The van der Waals surface area contributed by atoms with Gasteiger partial charge in [-0.05, 0) is 44.0 Å². The monoisotopic (exact) mass is 304 g/mol. The summed E-state index contributed by atoms with van der Waals surface area (Å²) in [4.78, 5) is 11.0. The fraction of sp³-hybridized carbons (Fsp3) is 0.500. The number of ether oxygens (including phenoxy) is 1. The molecule has 118 valence electrons. The first kappa shape index (κ1) is 17.1. The highest BCUT2D eigenvalue weighted by atomic mass is 19.4. The lowest BCUT2D eigenvalue weighted by Crippen LogP contribution is -2.17. The van der Waals surface area contributed by atoms with Crippen molar-refractivity contribution in [1.29, 1.82) is 0 Å². The van der Waals surface area contributed by atoms with Gasteiger partial charge in [-0.2, -0.15) is 13.2 Å². The molecule has 0 spiro atoms. The van der Waals surface area contributed by atoms with Crippen LogP contribution in [0, 0.1) is 0 Å². The Balaban J connectivity index is 2.39. The Morgan fingerprint density at radius 2 is 1.81 bits per heavy atom. The number of carbonyl (C=O) groups is 1. The van der Waals surface area contributed by atoms with Gasteiger partial charge in [0, 0.05) is 23.8 Å². The van der Waals surface area contributed by atoms with E-state index < -0.39 is 18.7 Å². The summed E-state index contributed by atoms with van der Waals surface area (Å²) in [5, 5.41) is 5.62. The SMILES string of the molecule is COC(=O)Nc1ccc(NC(C)CCCC(F)(F)F)cc1. The van der Waals surface area contributed by atoms with Gasteiger partial charge < -0.3 is 10.1 Å². The molecule has 0 aliphatic heterocycles. The van der Waals surface area contributed by atoms with Gasteiger partial charge in [-0.25, -0.2) is 4.79 Å². The zero-order valence-corrected chi connectivity index (χ0v) is 12.0. The van der Waals surface area contributed by atoms with Gasteiger partial charge in [0.2, 0.25) is 0 Å². The number of hydrogen-bond acceptors (Lipinski definition) is 3. The lowest BCUT2D eigenvalue weighted by Gasteiger charge is -2.16. The Bertz CT molecular complexity index is 447. The molecule has 2 N–H and O–H groups in total. The summed E-state index contributed by atoms with van der Waals surface area (Å²) in [7, 11) is 1.27. The van der Waals surface area contributed by atoms with E-state index in [4.69, 9.17) is 0 Å². The van der Waals surface area contributed by atoms with E-state index in [0.717, 1.165) is 5.69 Å². The molecule has 0 saturated carbocycles. The molecule has 0 saturated heterocycles. The first-order valence-corrected chi connectivity index (χ1v) is 6.58. The first-order valence-electron chi connectivity index (χ1n) is 6.58. The molecule has 7 heteroatoms. The number of nitrogens with one attached hydrogen (secondary N) is 2. The van der Waals surface area contributed by atoms with Crippen LogP contribution in [0.2, 0.25) is 0 Å². The number of methoxy groups -OCH3 is 1. The van der Waals surface area contributed by atoms with Gasteiger partial charge in [0.25, 0.3) is 0 Å². The second kappa shape index (κ2) is 7.75. The Kier molecular flexibility index (Phi) is 6.33. The third-order valence-electron chi connectivity index (χ3n) is 2.83. The average Bonchev–Trinajstić information content (AvgIpc) is 2.39. The lowest BCUT2D eigenvalue weighted by atomic mass is 10.1. The number of hydrogen-bond donors (Lipinski definition) is 2. The molecule has 1 amide bonds. The van der Waals surface area contributed by atoms with Crippen LogP contribution < -0.4 is 10.6 Å². The zero-order valence-electron chi connectivity index (χ0n) is 12.0. The number of rotatable bonds is 6. The van der Waals surface area contributed by atoms with Crippen LogP contribution >= 0.6 is 0 Å². The smallest absolute Gasteiger partial charge is 0.411 e. The van der Waals surface area contributed by atoms with Gasteiger partial charge in [-0.3, -0.25) is 5.32 Å². The molecule has 0 radical (unpaired) electrons. The molecule has 1 unspecified atom stereocenters. The summed E-state index contributed by atoms with van der Waals surface area (Å²) < 4.78 is 40.6. The number of amides is 1. The van der Waals surface area contributed by atoms with Gasteiger partial charge in [-0.15, -0.1) is 0 Å². The third-order valence-corrected chi connectivity index (χ3v) is 2.83. The quantitative estimate of drug-likeness (QED) is 0.819. The molecule has 0 heterocycles. The molecule has 1 aromatic rings. The number of benzene rings is 1. The molecule has 0 bridgehead atoms. The maximum absolute atomic E-state index is 12.0. The van der Waals surface area contributed by atoms with E-state index in [0.29, 0.717) is 12.1 Å². The summed E-state index contributed by atoms with van der Waals surface area (Å²) in [6.45, 7) is 1.83. The number of anilines is 2. The minimum Gasteiger partial charge on any atom is -0.453 e. The van der Waals surface area contributed by atoms with E-state index in [9.17, 15) is 18.0 Å². The molecular formula is C14H19F3N2O2. The van der Waals surface area contributed by atoms with Crippen molar-refractivity contribution >= 4 is 17.5 Å². The molecule has 0 aromatic heterocycles. The van der Waals surface area contributed by atoms with Gasteiger partial charge >= 0.3 is 12.3 Å². The van der Waals surface area contributed by atoms with Crippen LogP contribution in [0.1, 0.15) is 26.2 Å². The van der Waals surface area contributed by atoms with Crippen LogP contribution in [-0.2, 0) is 4.74 Å². The number of halogens is 3. The fourth-order valence-corrected chi connectivity index (χ4v) is 1.78. The molecule has 0 aliphatic rings. The van der Waals surface area contributed by atoms with Crippen molar-refractivity contribution in [2.45, 2.75) is 38.4 Å². The Morgan fingerprint density at radius 1 is 1.24 bits per heavy atom. The van der Waals surface area contributed by atoms with E-state index in [1.807, 2.05) is 6.92 Å². The lowest BCUT2D eigenvalue weighted by molar-refractivity contribution is -0.135. The molecule has 4 nitrogen and oxygen atoms in total. The number of alkyl halides is 3. The minimum absolute atomic E-state index is 0.0632. The highest BCUT2D eigenvalue weighted by molar-refractivity contribution is 5.84. The van der Waals surface area contributed by atoms with Crippen molar-refractivity contribution in [3.8, 4) is 0 Å². The van der Waals surface area contributed by atoms with E-state index in [2.05, 4.69) is 15.4 Å². The minimum atomic E-state index is -4.10. The van der Waals surface area contributed by atoms with Crippen LogP contribution in [0.3, 0.4) is 0 Å². The van der Waals surface area contributed by atoms with Crippen molar-refractivity contribution in [1.82, 2.24) is 0 Å². The second-order valence-electron chi connectivity index (χ2n) is 4.75. The van der Waals surface area contributed by atoms with Crippen LogP contribution in [0.25, 0.3) is 0 Å². The maximum Gasteiger partial charge on any atom is 0.411 e. The van der Waals surface area contributed by atoms with E-state index in [-0.39, 0.29) is 12.5 Å². The normalized spacial score (nSPS) is 12.6. The highest BCUT2D eigenvalue weighted by Gasteiger charge is 2.26. The van der Waals surface area contributed by atoms with Crippen LogP contribution in [0.5, 0.6) is 0 Å². The summed E-state index contributed by atoms with van der Waals surface area (Å²) in [6.07, 6.45) is -4.89. The molecule has 1 rings (SSSR count).